The predicted molar refractivity (Wildman–Crippen MR) is 70.4 cm³/mol. The molecular formula is C15H16N2O. The Balaban J connectivity index is 2.24. The lowest BCUT2D eigenvalue weighted by Crippen LogP contribution is -2.37. The summed E-state index contributed by atoms with van der Waals surface area (Å²) < 4.78 is 0. The summed E-state index contributed by atoms with van der Waals surface area (Å²) in [5.74, 6) is -0.103. The first-order valence-corrected chi connectivity index (χ1v) is 6.19. The van der Waals surface area contributed by atoms with Gasteiger partial charge >= 0.3 is 0 Å². The van der Waals surface area contributed by atoms with E-state index in [2.05, 4.69) is 6.07 Å². The summed E-state index contributed by atoms with van der Waals surface area (Å²) in [6.07, 6.45) is 1.77. The Kier molecular flexibility index (Phi) is 3.20. The quantitative estimate of drug-likeness (QED) is 0.811. The van der Waals surface area contributed by atoms with Crippen molar-refractivity contribution in [3.05, 3.63) is 42.0 Å². The van der Waals surface area contributed by atoms with E-state index in [0.717, 1.165) is 11.1 Å². The minimum atomic E-state index is -1.02. The standard InChI is InChI=1S/C15H16N2O/c1-3-17(4-2)14(18)15(11-16)10-13(15)12-8-6-5-7-9-12/h5-10H,3-4H2,1-2H3. The van der Waals surface area contributed by atoms with Crippen LogP contribution < -0.4 is 0 Å². The highest BCUT2D eigenvalue weighted by Crippen LogP contribution is 2.51. The normalized spacial score (nSPS) is 20.8. The van der Waals surface area contributed by atoms with Gasteiger partial charge in [-0.2, -0.15) is 5.26 Å². The number of nitriles is 1. The predicted octanol–water partition coefficient (Wildman–Crippen LogP) is 2.46. The summed E-state index contributed by atoms with van der Waals surface area (Å²) in [6, 6.07) is 11.8. The van der Waals surface area contributed by atoms with Crippen molar-refractivity contribution in [3.63, 3.8) is 0 Å². The molecule has 3 nitrogen and oxygen atoms in total. The van der Waals surface area contributed by atoms with E-state index < -0.39 is 5.41 Å². The van der Waals surface area contributed by atoms with Gasteiger partial charge in [0.25, 0.3) is 5.91 Å². The fourth-order valence-corrected chi connectivity index (χ4v) is 2.19. The fourth-order valence-electron chi connectivity index (χ4n) is 2.19. The van der Waals surface area contributed by atoms with Crippen LogP contribution in [0.25, 0.3) is 5.57 Å². The molecule has 1 aromatic rings. The number of rotatable bonds is 4. The molecule has 0 N–H and O–H groups in total. The second kappa shape index (κ2) is 4.66. The van der Waals surface area contributed by atoms with Crippen LogP contribution in [0.15, 0.2) is 36.4 Å². The molecule has 18 heavy (non-hydrogen) atoms. The molecule has 0 heterocycles. The molecule has 2 rings (SSSR count). The van der Waals surface area contributed by atoms with Crippen LogP contribution in [-0.4, -0.2) is 23.9 Å². The van der Waals surface area contributed by atoms with Crippen molar-refractivity contribution < 1.29 is 4.79 Å². The first-order valence-electron chi connectivity index (χ1n) is 6.19. The van der Waals surface area contributed by atoms with Crippen LogP contribution in [-0.2, 0) is 4.79 Å². The lowest BCUT2D eigenvalue weighted by atomic mass is 9.96. The highest BCUT2D eigenvalue weighted by molar-refractivity contribution is 6.11. The summed E-state index contributed by atoms with van der Waals surface area (Å²) >= 11 is 0. The maximum atomic E-state index is 12.4. The summed E-state index contributed by atoms with van der Waals surface area (Å²) in [7, 11) is 0. The number of nitrogens with zero attached hydrogens (tertiary/aromatic N) is 2. The Hall–Kier alpha value is -2.08. The number of hydrogen-bond donors (Lipinski definition) is 0. The van der Waals surface area contributed by atoms with Gasteiger partial charge in [-0.25, -0.2) is 0 Å². The van der Waals surface area contributed by atoms with E-state index in [1.54, 1.807) is 11.0 Å². The van der Waals surface area contributed by atoms with Crippen LogP contribution in [0.1, 0.15) is 19.4 Å². The second-order valence-electron chi connectivity index (χ2n) is 4.32. The summed E-state index contributed by atoms with van der Waals surface area (Å²) in [6.45, 7) is 5.12. The van der Waals surface area contributed by atoms with E-state index in [9.17, 15) is 10.1 Å². The van der Waals surface area contributed by atoms with Gasteiger partial charge in [0.2, 0.25) is 0 Å². The first kappa shape index (κ1) is 12.4. The molecule has 1 amide bonds. The summed E-state index contributed by atoms with van der Waals surface area (Å²) in [5, 5.41) is 9.35. The molecule has 0 saturated heterocycles. The average molecular weight is 240 g/mol. The molecule has 3 heteroatoms. The highest BCUT2D eigenvalue weighted by atomic mass is 16.2. The average Bonchev–Trinajstić information content (AvgIpc) is 3.17. The van der Waals surface area contributed by atoms with Crippen molar-refractivity contribution in [2.75, 3.05) is 13.1 Å². The van der Waals surface area contributed by atoms with Gasteiger partial charge in [-0.3, -0.25) is 4.79 Å². The third-order valence-corrected chi connectivity index (χ3v) is 3.35. The van der Waals surface area contributed by atoms with Gasteiger partial charge in [-0.15, -0.1) is 0 Å². The summed E-state index contributed by atoms with van der Waals surface area (Å²) in [5.41, 5.74) is 0.773. The van der Waals surface area contributed by atoms with Gasteiger partial charge in [0, 0.05) is 13.1 Å². The molecule has 0 spiro atoms. The van der Waals surface area contributed by atoms with E-state index in [1.165, 1.54) is 0 Å². The Morgan fingerprint density at radius 3 is 2.39 bits per heavy atom. The van der Waals surface area contributed by atoms with Crippen LogP contribution >= 0.6 is 0 Å². The third-order valence-electron chi connectivity index (χ3n) is 3.35. The van der Waals surface area contributed by atoms with Crippen molar-refractivity contribution in [1.82, 2.24) is 4.90 Å². The zero-order valence-electron chi connectivity index (χ0n) is 10.7. The van der Waals surface area contributed by atoms with Gasteiger partial charge in [-0.1, -0.05) is 30.3 Å². The van der Waals surface area contributed by atoms with E-state index in [1.807, 2.05) is 44.2 Å². The molecular weight excluding hydrogens is 224 g/mol. The van der Waals surface area contributed by atoms with E-state index in [0.29, 0.717) is 13.1 Å². The third kappa shape index (κ3) is 1.80. The monoisotopic (exact) mass is 240 g/mol. The van der Waals surface area contributed by atoms with E-state index in [4.69, 9.17) is 0 Å². The number of carbonyl (C=O) groups is 1. The van der Waals surface area contributed by atoms with Crippen molar-refractivity contribution in [2.24, 2.45) is 5.41 Å². The lowest BCUT2D eigenvalue weighted by Gasteiger charge is -2.22. The molecule has 0 fully saturated rings. The number of carbonyl (C=O) groups excluding carboxylic acids is 1. The fraction of sp³-hybridized carbons (Fsp3) is 0.333. The van der Waals surface area contributed by atoms with E-state index in [-0.39, 0.29) is 5.91 Å². The zero-order chi connectivity index (χ0) is 13.2. The molecule has 1 unspecified atom stereocenters. The molecule has 1 aliphatic carbocycles. The van der Waals surface area contributed by atoms with E-state index >= 15 is 0 Å². The highest BCUT2D eigenvalue weighted by Gasteiger charge is 2.53. The van der Waals surface area contributed by atoms with Gasteiger partial charge in [0.15, 0.2) is 5.41 Å². The summed E-state index contributed by atoms with van der Waals surface area (Å²) in [4.78, 5) is 14.1. The minimum absolute atomic E-state index is 0.103. The number of amides is 1. The Bertz CT molecular complexity index is 523. The van der Waals surface area contributed by atoms with Gasteiger partial charge in [0.05, 0.1) is 6.07 Å². The van der Waals surface area contributed by atoms with Gasteiger partial charge in [0.1, 0.15) is 0 Å². The SMILES string of the molecule is CCN(CC)C(=O)C1(C#N)C=C1c1ccccc1. The van der Waals surface area contributed by atoms with Gasteiger partial charge in [-0.05, 0) is 31.1 Å². The van der Waals surface area contributed by atoms with Crippen LogP contribution in [0, 0.1) is 16.7 Å². The molecule has 92 valence electrons. The first-order chi connectivity index (χ1) is 8.69. The second-order valence-corrected chi connectivity index (χ2v) is 4.32. The zero-order valence-corrected chi connectivity index (χ0v) is 10.7. The number of benzene rings is 1. The maximum Gasteiger partial charge on any atom is 0.251 e. The van der Waals surface area contributed by atoms with Gasteiger partial charge < -0.3 is 4.90 Å². The number of hydrogen-bond acceptors (Lipinski definition) is 2. The Morgan fingerprint density at radius 2 is 1.89 bits per heavy atom. The molecule has 0 saturated carbocycles. The molecule has 1 aromatic carbocycles. The van der Waals surface area contributed by atoms with Crippen LogP contribution in [0.4, 0.5) is 0 Å². The largest absolute Gasteiger partial charge is 0.341 e. The topological polar surface area (TPSA) is 44.1 Å². The van der Waals surface area contributed by atoms with Crippen molar-refractivity contribution in [2.45, 2.75) is 13.8 Å². The van der Waals surface area contributed by atoms with Crippen molar-refractivity contribution in [1.29, 1.82) is 5.26 Å². The molecule has 0 aliphatic heterocycles. The molecule has 0 bridgehead atoms. The Morgan fingerprint density at radius 1 is 1.28 bits per heavy atom. The smallest absolute Gasteiger partial charge is 0.251 e. The molecule has 0 radical (unpaired) electrons. The molecule has 0 aromatic heterocycles. The van der Waals surface area contributed by atoms with Crippen molar-refractivity contribution >= 4 is 11.5 Å². The molecule has 1 aliphatic rings. The van der Waals surface area contributed by atoms with Crippen molar-refractivity contribution in [3.8, 4) is 6.07 Å². The minimum Gasteiger partial charge on any atom is -0.341 e. The Labute approximate surface area is 107 Å². The van der Waals surface area contributed by atoms with Crippen LogP contribution in [0.2, 0.25) is 0 Å². The lowest BCUT2D eigenvalue weighted by molar-refractivity contribution is -0.133. The molecule has 1 atom stereocenters. The van der Waals surface area contributed by atoms with Crippen LogP contribution in [0.5, 0.6) is 0 Å². The maximum absolute atomic E-state index is 12.4. The van der Waals surface area contributed by atoms with Crippen LogP contribution in [0.3, 0.4) is 0 Å².